The van der Waals surface area contributed by atoms with Gasteiger partial charge in [0.05, 0.1) is 11.4 Å². The average molecular weight is 219 g/mol. The second-order valence-corrected chi connectivity index (χ2v) is 3.87. The van der Waals surface area contributed by atoms with Crippen LogP contribution in [0, 0.1) is 0 Å². The average Bonchev–Trinajstić information content (AvgIpc) is 2.55. The molecule has 0 aliphatic carbocycles. The number of nitrogens with zero attached hydrogens (tertiary/aromatic N) is 2. The maximum absolute atomic E-state index is 12.1. The van der Waals surface area contributed by atoms with Crippen molar-refractivity contribution in [3.8, 4) is 0 Å². The molecule has 1 atom stereocenters. The van der Waals surface area contributed by atoms with Crippen molar-refractivity contribution in [1.29, 1.82) is 0 Å². The molecular formula is C11H13N3O2. The molecule has 0 spiro atoms. The fourth-order valence-corrected chi connectivity index (χ4v) is 1.53. The van der Waals surface area contributed by atoms with Crippen LogP contribution in [0.1, 0.15) is 13.8 Å². The number of anilines is 1. The first kappa shape index (κ1) is 10.8. The zero-order valence-corrected chi connectivity index (χ0v) is 9.14. The minimum absolute atomic E-state index is 0.293. The first-order valence-electron chi connectivity index (χ1n) is 4.96. The van der Waals surface area contributed by atoms with Gasteiger partial charge in [-0.1, -0.05) is 18.2 Å². The van der Waals surface area contributed by atoms with Crippen LogP contribution in [0.25, 0.3) is 0 Å². The van der Waals surface area contributed by atoms with Crippen LogP contribution < -0.4 is 10.5 Å². The number of hydrazone groups is 1. The van der Waals surface area contributed by atoms with E-state index in [-0.39, 0.29) is 5.91 Å². The second-order valence-electron chi connectivity index (χ2n) is 3.87. The molecule has 16 heavy (non-hydrogen) atoms. The minimum atomic E-state index is -1.13. The predicted octanol–water partition coefficient (Wildman–Crippen LogP) is 1.15. The smallest absolute Gasteiger partial charge is 0.275 e. The molecular weight excluding hydrogens is 206 g/mol. The largest absolute Gasteiger partial charge is 0.315 e. The van der Waals surface area contributed by atoms with Gasteiger partial charge in [-0.3, -0.25) is 4.79 Å². The van der Waals surface area contributed by atoms with Gasteiger partial charge < -0.3 is 5.21 Å². The van der Waals surface area contributed by atoms with Gasteiger partial charge in [-0.05, 0) is 26.0 Å². The maximum Gasteiger partial charge on any atom is 0.275 e. The summed E-state index contributed by atoms with van der Waals surface area (Å²) in [6.45, 7) is 3.29. The Hall–Kier alpha value is -1.72. The molecule has 0 saturated heterocycles. The monoisotopic (exact) mass is 219 g/mol. The molecule has 0 bridgehead atoms. The summed E-state index contributed by atoms with van der Waals surface area (Å²) in [5.41, 5.74) is 2.11. The van der Waals surface area contributed by atoms with Gasteiger partial charge in [0.15, 0.2) is 5.54 Å². The van der Waals surface area contributed by atoms with Crippen LogP contribution in [0.5, 0.6) is 0 Å². The summed E-state index contributed by atoms with van der Waals surface area (Å²) in [4.78, 5) is 12.1. The van der Waals surface area contributed by atoms with E-state index in [0.717, 1.165) is 0 Å². The number of hydrogen-bond donors (Lipinski definition) is 2. The number of benzene rings is 1. The van der Waals surface area contributed by atoms with Gasteiger partial charge in [0.1, 0.15) is 0 Å². The molecule has 0 saturated carbocycles. The lowest BCUT2D eigenvalue weighted by atomic mass is 9.98. The molecule has 1 heterocycles. The Labute approximate surface area is 93.3 Å². The number of para-hydroxylation sites is 1. The molecule has 1 aromatic rings. The molecule has 2 rings (SSSR count). The minimum Gasteiger partial charge on any atom is -0.315 e. The van der Waals surface area contributed by atoms with E-state index < -0.39 is 5.54 Å². The number of carbonyl (C=O) groups excluding carboxylic acids is 1. The number of rotatable bonds is 2. The van der Waals surface area contributed by atoms with E-state index in [1.54, 1.807) is 26.0 Å². The van der Waals surface area contributed by atoms with Crippen LogP contribution in [-0.4, -0.2) is 22.4 Å². The lowest BCUT2D eigenvalue weighted by Crippen LogP contribution is -2.53. The SMILES string of the molecule is CC1=NN(c2ccccc2)C(=O)C1(C)NO. The number of amides is 1. The highest BCUT2D eigenvalue weighted by atomic mass is 16.5. The number of hydrogen-bond acceptors (Lipinski definition) is 4. The quantitative estimate of drug-likeness (QED) is 0.733. The highest BCUT2D eigenvalue weighted by molar-refractivity contribution is 6.21. The molecule has 1 aliphatic heterocycles. The van der Waals surface area contributed by atoms with Gasteiger partial charge in [-0.25, -0.2) is 0 Å². The van der Waals surface area contributed by atoms with E-state index in [9.17, 15) is 4.79 Å². The predicted molar refractivity (Wildman–Crippen MR) is 60.4 cm³/mol. The zero-order chi connectivity index (χ0) is 11.8. The third kappa shape index (κ3) is 1.41. The fourth-order valence-electron chi connectivity index (χ4n) is 1.53. The summed E-state index contributed by atoms with van der Waals surface area (Å²) in [6, 6.07) is 9.10. The lowest BCUT2D eigenvalue weighted by Gasteiger charge is -2.21. The molecule has 84 valence electrons. The summed E-state index contributed by atoms with van der Waals surface area (Å²) >= 11 is 0. The van der Waals surface area contributed by atoms with Gasteiger partial charge >= 0.3 is 0 Å². The van der Waals surface area contributed by atoms with Crippen LogP contribution in [0.15, 0.2) is 35.4 Å². The van der Waals surface area contributed by atoms with E-state index in [1.165, 1.54) is 5.01 Å². The summed E-state index contributed by atoms with van der Waals surface area (Å²) in [6.07, 6.45) is 0. The van der Waals surface area contributed by atoms with Crippen LogP contribution in [0.3, 0.4) is 0 Å². The second kappa shape index (κ2) is 3.70. The fraction of sp³-hybridized carbons (Fsp3) is 0.273. The molecule has 1 unspecified atom stereocenters. The Morgan fingerprint density at radius 1 is 1.38 bits per heavy atom. The lowest BCUT2D eigenvalue weighted by molar-refractivity contribution is -0.124. The van der Waals surface area contributed by atoms with Crippen molar-refractivity contribution in [3.63, 3.8) is 0 Å². The van der Waals surface area contributed by atoms with Gasteiger partial charge in [-0.15, -0.1) is 0 Å². The van der Waals surface area contributed by atoms with E-state index >= 15 is 0 Å². The first-order chi connectivity index (χ1) is 7.59. The molecule has 1 aliphatic rings. The standard InChI is InChI=1S/C11H13N3O2/c1-8-11(2,13-16)10(15)14(12-8)9-6-4-3-5-7-9/h3-7,13,16H,1-2H3. The molecule has 0 fully saturated rings. The van der Waals surface area contributed by atoms with Crippen molar-refractivity contribution in [3.05, 3.63) is 30.3 Å². The Morgan fingerprint density at radius 2 is 2.00 bits per heavy atom. The van der Waals surface area contributed by atoms with Crippen molar-refractivity contribution in [2.45, 2.75) is 19.4 Å². The van der Waals surface area contributed by atoms with E-state index in [0.29, 0.717) is 11.4 Å². The summed E-state index contributed by atoms with van der Waals surface area (Å²) in [5.74, 6) is -0.293. The first-order valence-corrected chi connectivity index (χ1v) is 4.96. The van der Waals surface area contributed by atoms with Gasteiger partial charge in [0, 0.05) is 0 Å². The Morgan fingerprint density at radius 3 is 2.50 bits per heavy atom. The van der Waals surface area contributed by atoms with Crippen LogP contribution in [0.2, 0.25) is 0 Å². The molecule has 1 aromatic carbocycles. The molecule has 2 N–H and O–H groups in total. The molecule has 5 heteroatoms. The number of hydroxylamine groups is 1. The van der Waals surface area contributed by atoms with Crippen molar-refractivity contribution < 1.29 is 10.0 Å². The van der Waals surface area contributed by atoms with E-state index in [4.69, 9.17) is 5.21 Å². The molecule has 0 radical (unpaired) electrons. The van der Waals surface area contributed by atoms with Crippen molar-refractivity contribution in [1.82, 2.24) is 5.48 Å². The van der Waals surface area contributed by atoms with Gasteiger partial charge in [0.25, 0.3) is 5.91 Å². The van der Waals surface area contributed by atoms with E-state index in [1.807, 2.05) is 23.7 Å². The summed E-state index contributed by atoms with van der Waals surface area (Å²) in [7, 11) is 0. The van der Waals surface area contributed by atoms with Crippen LogP contribution in [0.4, 0.5) is 5.69 Å². The van der Waals surface area contributed by atoms with E-state index in [2.05, 4.69) is 5.10 Å². The maximum atomic E-state index is 12.1. The van der Waals surface area contributed by atoms with Crippen LogP contribution >= 0.6 is 0 Å². The van der Waals surface area contributed by atoms with Gasteiger partial charge in [-0.2, -0.15) is 15.6 Å². The summed E-state index contributed by atoms with van der Waals surface area (Å²) in [5, 5.41) is 14.5. The highest BCUT2D eigenvalue weighted by Crippen LogP contribution is 2.25. The van der Waals surface area contributed by atoms with Crippen molar-refractivity contribution in [2.24, 2.45) is 5.10 Å². The highest BCUT2D eigenvalue weighted by Gasteiger charge is 2.45. The molecule has 1 amide bonds. The topological polar surface area (TPSA) is 64.9 Å². The third-order valence-corrected chi connectivity index (χ3v) is 2.82. The van der Waals surface area contributed by atoms with Gasteiger partial charge in [0.2, 0.25) is 0 Å². The Bertz CT molecular complexity index is 444. The Kier molecular flexibility index (Phi) is 2.49. The zero-order valence-electron chi connectivity index (χ0n) is 9.14. The van der Waals surface area contributed by atoms with Crippen molar-refractivity contribution in [2.75, 3.05) is 5.01 Å². The molecule has 5 nitrogen and oxygen atoms in total. The molecule has 0 aromatic heterocycles. The van der Waals surface area contributed by atoms with Crippen LogP contribution in [-0.2, 0) is 4.79 Å². The number of carbonyl (C=O) groups is 1. The van der Waals surface area contributed by atoms with Crippen molar-refractivity contribution >= 4 is 17.3 Å². The number of nitrogens with one attached hydrogen (secondary N) is 1. The third-order valence-electron chi connectivity index (χ3n) is 2.82. The Balaban J connectivity index is 2.39. The summed E-state index contributed by atoms with van der Waals surface area (Å²) < 4.78 is 0. The normalized spacial score (nSPS) is 24.8.